The van der Waals surface area contributed by atoms with Crippen molar-refractivity contribution in [2.75, 3.05) is 12.0 Å². The Labute approximate surface area is 135 Å². The number of allylic oxidation sites excluding steroid dienone is 3. The predicted octanol–water partition coefficient (Wildman–Crippen LogP) is 4.42. The monoisotopic (exact) mass is 313 g/mol. The van der Waals surface area contributed by atoms with Crippen LogP contribution >= 0.6 is 11.3 Å². The number of nitrogens with zero attached hydrogens (tertiary/aromatic N) is 1. The van der Waals surface area contributed by atoms with Gasteiger partial charge in [0.05, 0.1) is 13.7 Å². The Kier molecular flexibility index (Phi) is 5.98. The van der Waals surface area contributed by atoms with Crippen LogP contribution in [-0.4, -0.2) is 13.0 Å². The smallest absolute Gasteiger partial charge is 0.251 e. The average molecular weight is 313 g/mol. The van der Waals surface area contributed by atoms with E-state index in [1.165, 1.54) is 0 Å². The van der Waals surface area contributed by atoms with Gasteiger partial charge < -0.3 is 9.64 Å². The Balaban J connectivity index is 2.25. The van der Waals surface area contributed by atoms with E-state index in [1.807, 2.05) is 60.9 Å². The third kappa shape index (κ3) is 4.33. The third-order valence-corrected chi connectivity index (χ3v) is 3.95. The van der Waals surface area contributed by atoms with Crippen LogP contribution in [0.4, 0.5) is 5.69 Å². The number of ether oxygens (including phenoxy) is 1. The summed E-state index contributed by atoms with van der Waals surface area (Å²) >= 11 is 1.64. The molecular weight excluding hydrogens is 294 g/mol. The van der Waals surface area contributed by atoms with Crippen molar-refractivity contribution in [3.63, 3.8) is 0 Å². The fraction of sp³-hybridized carbons (Fsp3) is 0.167. The lowest BCUT2D eigenvalue weighted by atomic mass is 10.2. The highest BCUT2D eigenvalue weighted by Gasteiger charge is 2.14. The van der Waals surface area contributed by atoms with E-state index in [4.69, 9.17) is 4.74 Å². The minimum atomic E-state index is -0.0448. The van der Waals surface area contributed by atoms with Crippen molar-refractivity contribution in [2.45, 2.75) is 13.5 Å². The molecule has 0 unspecified atom stereocenters. The lowest BCUT2D eigenvalue weighted by molar-refractivity contribution is -0.114. The number of amides is 1. The molecule has 0 aliphatic heterocycles. The summed E-state index contributed by atoms with van der Waals surface area (Å²) in [5.41, 5.74) is 0.851. The second-order valence-electron chi connectivity index (χ2n) is 4.59. The molecule has 3 nitrogen and oxygen atoms in total. The largest absolute Gasteiger partial charge is 0.497 e. The molecule has 22 heavy (non-hydrogen) atoms. The van der Waals surface area contributed by atoms with Gasteiger partial charge in [-0.3, -0.25) is 4.79 Å². The molecule has 0 saturated heterocycles. The van der Waals surface area contributed by atoms with Gasteiger partial charge in [-0.15, -0.1) is 11.3 Å². The average Bonchev–Trinajstić information content (AvgIpc) is 3.06. The first-order valence-corrected chi connectivity index (χ1v) is 7.90. The lowest BCUT2D eigenvalue weighted by Gasteiger charge is -2.21. The summed E-state index contributed by atoms with van der Waals surface area (Å²) in [6.07, 6.45) is 7.07. The molecule has 0 bridgehead atoms. The predicted molar refractivity (Wildman–Crippen MR) is 92.5 cm³/mol. The quantitative estimate of drug-likeness (QED) is 0.583. The van der Waals surface area contributed by atoms with Crippen molar-refractivity contribution in [3.8, 4) is 5.75 Å². The van der Waals surface area contributed by atoms with Gasteiger partial charge in [-0.2, -0.15) is 0 Å². The van der Waals surface area contributed by atoms with Crippen molar-refractivity contribution in [2.24, 2.45) is 0 Å². The third-order valence-electron chi connectivity index (χ3n) is 3.09. The standard InChI is InChI=1S/C18H19NO2S/c1-3-4-5-8-18(20)19(14-17-7-6-13-22-17)15-9-11-16(21-2)12-10-15/h3-13H,14H2,1-2H3/b4-3+,8-5+. The molecule has 114 valence electrons. The molecule has 1 aromatic carbocycles. The SMILES string of the molecule is C/C=C/C=C/C(=O)N(Cc1cccs1)c1ccc(OC)cc1. The fourth-order valence-corrected chi connectivity index (χ4v) is 2.65. The van der Waals surface area contributed by atoms with E-state index in [0.717, 1.165) is 16.3 Å². The highest BCUT2D eigenvalue weighted by molar-refractivity contribution is 7.09. The number of rotatable bonds is 6. The van der Waals surface area contributed by atoms with Gasteiger partial charge >= 0.3 is 0 Å². The van der Waals surface area contributed by atoms with E-state index in [2.05, 4.69) is 0 Å². The number of carbonyl (C=O) groups excluding carboxylic acids is 1. The molecule has 1 heterocycles. The molecule has 4 heteroatoms. The van der Waals surface area contributed by atoms with Crippen molar-refractivity contribution in [1.82, 2.24) is 0 Å². The van der Waals surface area contributed by atoms with Gasteiger partial charge in [0.1, 0.15) is 5.75 Å². The van der Waals surface area contributed by atoms with Crippen LogP contribution in [-0.2, 0) is 11.3 Å². The number of thiophene rings is 1. The normalized spacial score (nSPS) is 11.2. The van der Waals surface area contributed by atoms with E-state index < -0.39 is 0 Å². The summed E-state index contributed by atoms with van der Waals surface area (Å²) in [6.45, 7) is 2.48. The second kappa shape index (κ2) is 8.20. The molecule has 0 aliphatic rings. The Morgan fingerprint density at radius 3 is 2.59 bits per heavy atom. The van der Waals surface area contributed by atoms with Gasteiger partial charge in [0.15, 0.2) is 0 Å². The van der Waals surface area contributed by atoms with Crippen LogP contribution in [0, 0.1) is 0 Å². The maximum Gasteiger partial charge on any atom is 0.251 e. The molecule has 0 radical (unpaired) electrons. The molecule has 0 spiro atoms. The van der Waals surface area contributed by atoms with Gasteiger partial charge in [0.2, 0.25) is 0 Å². The summed E-state index contributed by atoms with van der Waals surface area (Å²) in [7, 11) is 1.63. The van der Waals surface area contributed by atoms with Crippen LogP contribution in [0.15, 0.2) is 66.1 Å². The summed E-state index contributed by atoms with van der Waals surface area (Å²) in [6, 6.07) is 11.5. The van der Waals surface area contributed by atoms with Gasteiger partial charge in [0, 0.05) is 16.6 Å². The molecule has 1 amide bonds. The van der Waals surface area contributed by atoms with Gasteiger partial charge in [-0.05, 0) is 42.6 Å². The maximum absolute atomic E-state index is 12.5. The van der Waals surface area contributed by atoms with Crippen LogP contribution in [0.5, 0.6) is 5.75 Å². The van der Waals surface area contributed by atoms with Crippen LogP contribution in [0.3, 0.4) is 0 Å². The minimum Gasteiger partial charge on any atom is -0.497 e. The van der Waals surface area contributed by atoms with Gasteiger partial charge in [-0.1, -0.05) is 24.3 Å². The first kappa shape index (κ1) is 16.0. The summed E-state index contributed by atoms with van der Waals surface area (Å²) < 4.78 is 5.17. The number of benzene rings is 1. The molecule has 1 aromatic heterocycles. The molecule has 0 N–H and O–H groups in total. The summed E-state index contributed by atoms with van der Waals surface area (Å²) in [4.78, 5) is 15.4. The highest BCUT2D eigenvalue weighted by atomic mass is 32.1. The number of carbonyl (C=O) groups is 1. The summed E-state index contributed by atoms with van der Waals surface area (Å²) in [5, 5.41) is 2.02. The zero-order valence-corrected chi connectivity index (χ0v) is 13.5. The number of methoxy groups -OCH3 is 1. The number of hydrogen-bond donors (Lipinski definition) is 0. The van der Waals surface area contributed by atoms with Crippen molar-refractivity contribution in [3.05, 3.63) is 71.0 Å². The zero-order chi connectivity index (χ0) is 15.8. The van der Waals surface area contributed by atoms with Gasteiger partial charge in [-0.25, -0.2) is 0 Å². The minimum absolute atomic E-state index is 0.0448. The molecule has 0 fully saturated rings. The van der Waals surface area contributed by atoms with Crippen LogP contribution in [0.2, 0.25) is 0 Å². The zero-order valence-electron chi connectivity index (χ0n) is 12.7. The Morgan fingerprint density at radius 2 is 2.00 bits per heavy atom. The Hall–Kier alpha value is -2.33. The molecule has 0 saturated carbocycles. The maximum atomic E-state index is 12.5. The summed E-state index contributed by atoms with van der Waals surface area (Å²) in [5.74, 6) is 0.730. The lowest BCUT2D eigenvalue weighted by Crippen LogP contribution is -2.28. The first-order chi connectivity index (χ1) is 10.7. The molecule has 0 atom stereocenters. The van der Waals surface area contributed by atoms with Crippen molar-refractivity contribution >= 4 is 22.9 Å². The van der Waals surface area contributed by atoms with E-state index in [0.29, 0.717) is 6.54 Å². The van der Waals surface area contributed by atoms with E-state index in [-0.39, 0.29) is 5.91 Å². The molecular formula is C18H19NO2S. The molecule has 2 rings (SSSR count). The van der Waals surface area contributed by atoms with Crippen LogP contribution in [0.1, 0.15) is 11.8 Å². The van der Waals surface area contributed by atoms with E-state index in [9.17, 15) is 4.79 Å². The van der Waals surface area contributed by atoms with Crippen molar-refractivity contribution in [1.29, 1.82) is 0 Å². The van der Waals surface area contributed by atoms with Crippen LogP contribution in [0.25, 0.3) is 0 Å². The second-order valence-corrected chi connectivity index (χ2v) is 5.62. The highest BCUT2D eigenvalue weighted by Crippen LogP contribution is 2.23. The van der Waals surface area contributed by atoms with Crippen LogP contribution < -0.4 is 9.64 Å². The number of anilines is 1. The first-order valence-electron chi connectivity index (χ1n) is 7.02. The number of hydrogen-bond acceptors (Lipinski definition) is 3. The van der Waals surface area contributed by atoms with E-state index in [1.54, 1.807) is 35.5 Å². The van der Waals surface area contributed by atoms with E-state index >= 15 is 0 Å². The Morgan fingerprint density at radius 1 is 1.23 bits per heavy atom. The molecule has 2 aromatic rings. The molecule has 0 aliphatic carbocycles. The van der Waals surface area contributed by atoms with Crippen molar-refractivity contribution < 1.29 is 9.53 Å². The Bertz CT molecular complexity index is 642. The fourth-order valence-electron chi connectivity index (χ4n) is 1.96. The van der Waals surface area contributed by atoms with Gasteiger partial charge in [0.25, 0.3) is 5.91 Å². The topological polar surface area (TPSA) is 29.5 Å².